The molecule has 0 fully saturated rings. The van der Waals surface area contributed by atoms with Gasteiger partial charge in [-0.05, 0) is 30.7 Å². The molecule has 0 saturated heterocycles. The van der Waals surface area contributed by atoms with Crippen LogP contribution >= 0.6 is 0 Å². The Hall–Kier alpha value is -0.923. The molecule has 0 aliphatic rings. The summed E-state index contributed by atoms with van der Waals surface area (Å²) in [6.07, 6.45) is 0.658. The van der Waals surface area contributed by atoms with Crippen molar-refractivity contribution in [1.82, 2.24) is 4.57 Å². The molecule has 0 amide bonds. The lowest BCUT2D eigenvalue weighted by Gasteiger charge is -2.41. The zero-order valence-electron chi connectivity index (χ0n) is 11.3. The number of rotatable bonds is 6. The second-order valence-corrected chi connectivity index (χ2v) is 7.50. The molecule has 1 atom stereocenters. The van der Waals surface area contributed by atoms with E-state index in [-0.39, 0.29) is 0 Å². The first-order chi connectivity index (χ1) is 8.58. The highest BCUT2D eigenvalue weighted by atomic mass is 28.4. The van der Waals surface area contributed by atoms with Gasteiger partial charge < -0.3 is 23.6 Å². The molecule has 18 heavy (non-hydrogen) atoms. The number of benzene rings is 1. The van der Waals surface area contributed by atoms with Crippen molar-refractivity contribution in [3.05, 3.63) is 24.3 Å². The molecule has 0 saturated carbocycles. The first kappa shape index (κ1) is 13.5. The molecular formula is C12H20N2O3Si. The predicted molar refractivity (Wildman–Crippen MR) is 72.4 cm³/mol. The van der Waals surface area contributed by atoms with Crippen LogP contribution in [-0.2, 0) is 18.6 Å². The van der Waals surface area contributed by atoms with Crippen LogP contribution in [-0.4, -0.2) is 34.7 Å². The third kappa shape index (κ3) is 1.54. The second kappa shape index (κ2) is 4.64. The number of nitrogens with zero attached hydrogens (tertiary/aromatic N) is 1. The molecule has 0 aliphatic carbocycles. The maximum absolute atomic E-state index is 6.63. The monoisotopic (exact) mass is 268 g/mol. The van der Waals surface area contributed by atoms with Crippen LogP contribution in [0.1, 0.15) is 13.3 Å². The van der Waals surface area contributed by atoms with Crippen LogP contribution in [0.2, 0.25) is 0 Å². The highest BCUT2D eigenvalue weighted by Crippen LogP contribution is 2.34. The largest absolute Gasteiger partial charge is 0.543 e. The quantitative estimate of drug-likeness (QED) is 0.807. The minimum Gasteiger partial charge on any atom is -0.375 e. The fourth-order valence-corrected chi connectivity index (χ4v) is 5.18. The Balaban J connectivity index is 2.61. The Morgan fingerprint density at radius 2 is 1.44 bits per heavy atom. The van der Waals surface area contributed by atoms with Crippen LogP contribution in [0.4, 0.5) is 0 Å². The van der Waals surface area contributed by atoms with E-state index in [1.807, 2.05) is 31.2 Å². The van der Waals surface area contributed by atoms with Gasteiger partial charge in [0.05, 0.1) is 0 Å². The molecule has 5 nitrogen and oxygen atoms in total. The van der Waals surface area contributed by atoms with Crippen molar-refractivity contribution >= 4 is 19.8 Å². The molecule has 2 aromatic heterocycles. The molecule has 0 aromatic carbocycles. The Kier molecular flexibility index (Phi) is 3.48. The average molecular weight is 268 g/mol. The van der Waals surface area contributed by atoms with Crippen molar-refractivity contribution in [2.24, 2.45) is 5.73 Å². The van der Waals surface area contributed by atoms with E-state index in [1.165, 1.54) is 0 Å². The van der Waals surface area contributed by atoms with Crippen LogP contribution in [0.25, 0.3) is 11.0 Å². The van der Waals surface area contributed by atoms with Crippen LogP contribution in [0.5, 0.6) is 0 Å². The van der Waals surface area contributed by atoms with Gasteiger partial charge in [-0.3, -0.25) is 0 Å². The van der Waals surface area contributed by atoms with Crippen molar-refractivity contribution in [3.8, 4) is 0 Å². The van der Waals surface area contributed by atoms with E-state index in [4.69, 9.17) is 19.0 Å². The number of nitrogens with two attached hydrogens (primary N) is 1. The number of fused-ring (bicyclic) bond motifs is 2. The van der Waals surface area contributed by atoms with Crippen LogP contribution < -0.4 is 5.73 Å². The summed E-state index contributed by atoms with van der Waals surface area (Å²) in [5.74, 6) is 0. The molecule has 2 rings (SSSR count). The van der Waals surface area contributed by atoms with Crippen LogP contribution in [0, 0.1) is 0 Å². The number of hydrogen-bond acceptors (Lipinski definition) is 4. The lowest BCUT2D eigenvalue weighted by atomic mass is 10.3. The SMILES string of the molecule is CCC(N)(n1c2ccc1cc2)[Si](OC)(OC)OC. The van der Waals surface area contributed by atoms with Gasteiger partial charge in [-0.2, -0.15) is 0 Å². The third-order valence-corrected chi connectivity index (χ3v) is 6.89. The van der Waals surface area contributed by atoms with Crippen molar-refractivity contribution in [3.63, 3.8) is 0 Å². The van der Waals surface area contributed by atoms with Crippen molar-refractivity contribution < 1.29 is 13.3 Å². The molecule has 0 radical (unpaired) electrons. The fourth-order valence-electron chi connectivity index (χ4n) is 2.65. The fraction of sp³-hybridized carbons (Fsp3) is 0.500. The average Bonchev–Trinajstić information content (AvgIpc) is 3.01. The van der Waals surface area contributed by atoms with Crippen molar-refractivity contribution in [2.45, 2.75) is 18.6 Å². The smallest absolute Gasteiger partial charge is 0.375 e. The van der Waals surface area contributed by atoms with Gasteiger partial charge in [0, 0.05) is 32.4 Å². The van der Waals surface area contributed by atoms with Crippen molar-refractivity contribution in [1.29, 1.82) is 0 Å². The molecule has 2 aromatic rings. The van der Waals surface area contributed by atoms with Gasteiger partial charge >= 0.3 is 8.80 Å². The minimum absolute atomic E-state index is 0.658. The number of aromatic nitrogens is 1. The highest BCUT2D eigenvalue weighted by molar-refractivity contribution is 6.63. The first-order valence-corrected chi connectivity index (χ1v) is 7.65. The lowest BCUT2D eigenvalue weighted by molar-refractivity contribution is 0.0721. The van der Waals surface area contributed by atoms with E-state index in [9.17, 15) is 0 Å². The summed E-state index contributed by atoms with van der Waals surface area (Å²) in [7, 11) is 1.77. The van der Waals surface area contributed by atoms with E-state index in [0.29, 0.717) is 6.42 Å². The Morgan fingerprint density at radius 3 is 1.72 bits per heavy atom. The molecule has 2 heterocycles. The van der Waals surface area contributed by atoms with Gasteiger partial charge in [0.2, 0.25) is 0 Å². The molecular weight excluding hydrogens is 248 g/mol. The predicted octanol–water partition coefficient (Wildman–Crippen LogP) is 1.52. The van der Waals surface area contributed by atoms with Gasteiger partial charge in [-0.25, -0.2) is 0 Å². The van der Waals surface area contributed by atoms with E-state index in [2.05, 4.69) is 4.57 Å². The van der Waals surface area contributed by atoms with Gasteiger partial charge in [0.15, 0.2) is 5.29 Å². The molecule has 0 spiro atoms. The van der Waals surface area contributed by atoms with E-state index >= 15 is 0 Å². The van der Waals surface area contributed by atoms with E-state index in [1.54, 1.807) is 21.3 Å². The Bertz CT molecular complexity index is 455. The van der Waals surface area contributed by atoms with E-state index < -0.39 is 14.1 Å². The first-order valence-electron chi connectivity index (χ1n) is 5.93. The summed E-state index contributed by atoms with van der Waals surface area (Å²) in [5.41, 5.74) is 8.73. The van der Waals surface area contributed by atoms with Gasteiger partial charge in [0.25, 0.3) is 0 Å². The Morgan fingerprint density at radius 1 is 1.06 bits per heavy atom. The van der Waals surface area contributed by atoms with Crippen LogP contribution in [0.15, 0.2) is 24.3 Å². The summed E-state index contributed by atoms with van der Waals surface area (Å²) in [6.45, 7) is 2.01. The van der Waals surface area contributed by atoms with Gasteiger partial charge in [-0.15, -0.1) is 0 Å². The molecule has 0 aliphatic heterocycles. The third-order valence-electron chi connectivity index (χ3n) is 3.64. The zero-order valence-corrected chi connectivity index (χ0v) is 12.3. The zero-order chi connectivity index (χ0) is 13.4. The second-order valence-electron chi connectivity index (χ2n) is 4.30. The Labute approximate surface area is 108 Å². The standard InChI is InChI=1S/C12H20N2O3Si/c1-5-12(13,18(15-2,16-3)17-4)14-10-6-7-11(14)9-8-10/h6-9H,5,13H2,1-4H3. The van der Waals surface area contributed by atoms with Crippen molar-refractivity contribution in [2.75, 3.05) is 21.3 Å². The summed E-state index contributed by atoms with van der Waals surface area (Å²) in [6, 6.07) is 8.14. The maximum atomic E-state index is 6.63. The molecule has 100 valence electrons. The summed E-state index contributed by atoms with van der Waals surface area (Å²) >= 11 is 0. The highest BCUT2D eigenvalue weighted by Gasteiger charge is 2.59. The molecule has 2 N–H and O–H groups in total. The van der Waals surface area contributed by atoms with Gasteiger partial charge in [0.1, 0.15) is 0 Å². The summed E-state index contributed by atoms with van der Waals surface area (Å²) in [5, 5.41) is -0.803. The minimum atomic E-state index is -3.00. The normalized spacial score (nSPS) is 16.3. The molecule has 1 unspecified atom stereocenters. The number of hydrogen-bond donors (Lipinski definition) is 1. The topological polar surface area (TPSA) is 58.6 Å². The maximum Gasteiger partial charge on any atom is 0.543 e. The van der Waals surface area contributed by atoms with Crippen LogP contribution in [0.3, 0.4) is 0 Å². The lowest BCUT2D eigenvalue weighted by Crippen LogP contribution is -2.69. The molecule has 6 heteroatoms. The summed E-state index contributed by atoms with van der Waals surface area (Å²) < 4.78 is 18.8. The summed E-state index contributed by atoms with van der Waals surface area (Å²) in [4.78, 5) is 0. The van der Waals surface area contributed by atoms with E-state index in [0.717, 1.165) is 11.0 Å². The molecule has 2 bridgehead atoms. The van der Waals surface area contributed by atoms with Gasteiger partial charge in [-0.1, -0.05) is 6.92 Å².